The molecule has 0 aromatic rings. The zero-order chi connectivity index (χ0) is 34.9. The number of fused-ring (bicyclic) bond motifs is 4. The lowest BCUT2D eigenvalue weighted by Gasteiger charge is -2.63. The average Bonchev–Trinajstić information content (AvgIpc) is 3.64. The summed E-state index contributed by atoms with van der Waals surface area (Å²) in [5.41, 5.74) is 5.86. The van der Waals surface area contributed by atoms with Gasteiger partial charge in [0.1, 0.15) is 0 Å². The van der Waals surface area contributed by atoms with Crippen LogP contribution in [0, 0.1) is 45.3 Å². The first-order valence-electron chi connectivity index (χ1n) is 19.7. The molecule has 0 radical (unpaired) electrons. The molecule has 8 fully saturated rings. The van der Waals surface area contributed by atoms with Gasteiger partial charge in [0.2, 0.25) is 0 Å². The van der Waals surface area contributed by atoms with Gasteiger partial charge in [0.25, 0.3) is 0 Å². The molecular formula is C39H64N2O8. The zero-order valence-corrected chi connectivity index (χ0v) is 31.1. The summed E-state index contributed by atoms with van der Waals surface area (Å²) >= 11 is 0. The fraction of sp³-hybridized carbons (Fsp3) is 0.974. The van der Waals surface area contributed by atoms with Crippen molar-refractivity contribution in [3.8, 4) is 0 Å². The second-order valence-electron chi connectivity index (χ2n) is 19.2. The Kier molecular flexibility index (Phi) is 8.31. The Morgan fingerprint density at radius 3 is 2.47 bits per heavy atom. The molecule has 0 bridgehead atoms. The van der Waals surface area contributed by atoms with Gasteiger partial charge in [0, 0.05) is 13.0 Å². The summed E-state index contributed by atoms with van der Waals surface area (Å²) in [5.74, 6) is 0.704. The van der Waals surface area contributed by atoms with Crippen LogP contribution >= 0.6 is 0 Å². The molecule has 8 rings (SSSR count). The number of carbonyl (C=O) groups excluding carboxylic acids is 1. The Hall–Kier alpha value is -0.850. The van der Waals surface area contributed by atoms with E-state index in [-0.39, 0.29) is 64.2 Å². The maximum absolute atomic E-state index is 12.5. The number of hydrogen-bond acceptors (Lipinski definition) is 10. The molecule has 10 nitrogen and oxygen atoms in total. The molecular weight excluding hydrogens is 624 g/mol. The van der Waals surface area contributed by atoms with E-state index in [1.807, 2.05) is 0 Å². The van der Waals surface area contributed by atoms with Crippen molar-refractivity contribution in [3.63, 3.8) is 0 Å². The lowest BCUT2D eigenvalue weighted by molar-refractivity contribution is -0.254. The van der Waals surface area contributed by atoms with Crippen LogP contribution in [0.3, 0.4) is 0 Å². The van der Waals surface area contributed by atoms with Crippen LogP contribution in [0.4, 0.5) is 0 Å². The Bertz CT molecular complexity index is 1300. The van der Waals surface area contributed by atoms with Crippen LogP contribution < -0.4 is 5.73 Å². The largest absolute Gasteiger partial charge is 0.457 e. The highest BCUT2D eigenvalue weighted by atomic mass is 16.7. The van der Waals surface area contributed by atoms with Gasteiger partial charge < -0.3 is 39.6 Å². The van der Waals surface area contributed by atoms with Gasteiger partial charge in [-0.05, 0) is 111 Å². The maximum Gasteiger partial charge on any atom is 0.305 e. The Labute approximate surface area is 293 Å². The van der Waals surface area contributed by atoms with E-state index in [4.69, 9.17) is 29.4 Å². The summed E-state index contributed by atoms with van der Waals surface area (Å²) in [5, 5.41) is 23.6. The number of ether oxygens (including phenoxy) is 5. The Morgan fingerprint density at radius 1 is 1.08 bits per heavy atom. The molecule has 5 saturated carbocycles. The van der Waals surface area contributed by atoms with Gasteiger partial charge in [-0.3, -0.25) is 9.69 Å². The normalized spacial score (nSPS) is 51.3. The van der Waals surface area contributed by atoms with Crippen LogP contribution in [0.5, 0.6) is 0 Å². The van der Waals surface area contributed by atoms with Crippen molar-refractivity contribution < 1.29 is 38.7 Å². The van der Waals surface area contributed by atoms with Gasteiger partial charge in [-0.15, -0.1) is 0 Å². The number of esters is 1. The van der Waals surface area contributed by atoms with E-state index in [0.717, 1.165) is 64.8 Å². The monoisotopic (exact) mass is 688 g/mol. The van der Waals surface area contributed by atoms with Crippen LogP contribution in [0.1, 0.15) is 106 Å². The second kappa shape index (κ2) is 11.6. The van der Waals surface area contributed by atoms with E-state index in [2.05, 4.69) is 32.6 Å². The lowest BCUT2D eigenvalue weighted by atomic mass is 9.43. The van der Waals surface area contributed by atoms with Gasteiger partial charge in [-0.1, -0.05) is 34.6 Å². The molecule has 49 heavy (non-hydrogen) atoms. The molecule has 14 unspecified atom stereocenters. The van der Waals surface area contributed by atoms with E-state index in [1.165, 1.54) is 6.42 Å². The predicted octanol–water partition coefficient (Wildman–Crippen LogP) is 4.03. The minimum absolute atomic E-state index is 0.00953. The van der Waals surface area contributed by atoms with Crippen molar-refractivity contribution in [1.82, 2.24) is 4.90 Å². The third-order valence-electron chi connectivity index (χ3n) is 16.4. The number of aliphatic hydroxyl groups is 2. The molecule has 3 heterocycles. The van der Waals surface area contributed by atoms with Crippen LogP contribution in [-0.4, -0.2) is 108 Å². The Morgan fingerprint density at radius 2 is 1.80 bits per heavy atom. The fourth-order valence-electron chi connectivity index (χ4n) is 13.9. The summed E-state index contributed by atoms with van der Waals surface area (Å²) in [7, 11) is 0. The standard InChI is InChI=1S/C39H64N2O8/c1-8-28(42)49-33(35(5,6)44)24-17-22(2)30-31(47-24)32(43)39(40)26-10-9-25-34(3,4)27(48-29-18-41(15-16-46-29)23-19-45-20-23)11-12-37(25)21-38(26,37)14-13-36(30,39)7/h22-27,29-33,43-44H,8-21,40H2,1-7H3. The summed E-state index contributed by atoms with van der Waals surface area (Å²) in [6.45, 7) is 18.7. The molecule has 5 aliphatic carbocycles. The van der Waals surface area contributed by atoms with Crippen molar-refractivity contribution in [2.75, 3.05) is 32.9 Å². The average molecular weight is 689 g/mol. The van der Waals surface area contributed by atoms with E-state index < -0.39 is 35.6 Å². The first-order valence-corrected chi connectivity index (χ1v) is 19.7. The number of carbonyl (C=O) groups is 1. The number of hydrogen-bond donors (Lipinski definition) is 3. The summed E-state index contributed by atoms with van der Waals surface area (Å²) in [6, 6.07) is 0.496. The van der Waals surface area contributed by atoms with E-state index in [9.17, 15) is 15.0 Å². The third-order valence-corrected chi connectivity index (χ3v) is 16.4. The highest BCUT2D eigenvalue weighted by molar-refractivity contribution is 5.69. The van der Waals surface area contributed by atoms with Crippen molar-refractivity contribution in [3.05, 3.63) is 0 Å². The first kappa shape index (κ1) is 35.2. The zero-order valence-electron chi connectivity index (χ0n) is 31.1. The van der Waals surface area contributed by atoms with Crippen molar-refractivity contribution in [2.45, 2.75) is 160 Å². The molecule has 3 saturated heterocycles. The number of aliphatic hydroxyl groups excluding tert-OH is 1. The van der Waals surface area contributed by atoms with Gasteiger partial charge >= 0.3 is 5.97 Å². The fourth-order valence-corrected chi connectivity index (χ4v) is 13.9. The molecule has 4 N–H and O–H groups in total. The SMILES string of the molecule is CCC(=O)OC(C1CC(C)C2C(O1)C(O)C1(N)C3CCC4C(C)(C)C(OC5CN(C6COC6)CCO5)CCC45CC35CCC21C)C(C)(C)O. The molecule has 14 atom stereocenters. The van der Waals surface area contributed by atoms with E-state index >= 15 is 0 Å². The van der Waals surface area contributed by atoms with E-state index in [1.54, 1.807) is 20.8 Å². The van der Waals surface area contributed by atoms with Crippen LogP contribution in [-0.2, 0) is 28.5 Å². The van der Waals surface area contributed by atoms with Crippen molar-refractivity contribution in [1.29, 1.82) is 0 Å². The molecule has 10 heteroatoms. The molecule has 2 spiro atoms. The van der Waals surface area contributed by atoms with Crippen LogP contribution in [0.2, 0.25) is 0 Å². The summed E-state index contributed by atoms with van der Waals surface area (Å²) in [6.07, 6.45) is 5.86. The molecule has 0 aromatic heterocycles. The molecule has 8 aliphatic rings. The van der Waals surface area contributed by atoms with Gasteiger partial charge in [-0.25, -0.2) is 0 Å². The van der Waals surface area contributed by atoms with Crippen LogP contribution in [0.25, 0.3) is 0 Å². The number of nitrogens with two attached hydrogens (primary N) is 1. The predicted molar refractivity (Wildman–Crippen MR) is 182 cm³/mol. The van der Waals surface area contributed by atoms with Gasteiger partial charge in [0.15, 0.2) is 12.4 Å². The van der Waals surface area contributed by atoms with Crippen molar-refractivity contribution >= 4 is 5.97 Å². The molecule has 3 aliphatic heterocycles. The lowest BCUT2D eigenvalue weighted by Crippen LogP contribution is -2.70. The molecule has 0 aromatic carbocycles. The van der Waals surface area contributed by atoms with E-state index in [0.29, 0.717) is 25.0 Å². The second-order valence-corrected chi connectivity index (χ2v) is 19.2. The molecule has 278 valence electrons. The highest BCUT2D eigenvalue weighted by Gasteiger charge is 2.85. The minimum Gasteiger partial charge on any atom is -0.457 e. The third kappa shape index (κ3) is 4.82. The Balaban J connectivity index is 1.02. The van der Waals surface area contributed by atoms with Crippen molar-refractivity contribution in [2.24, 2.45) is 51.1 Å². The highest BCUT2D eigenvalue weighted by Crippen LogP contribution is 2.87. The van der Waals surface area contributed by atoms with Gasteiger partial charge in [0.05, 0.1) is 68.0 Å². The number of nitrogens with zero attached hydrogens (tertiary/aromatic N) is 1. The number of rotatable bonds is 7. The van der Waals surface area contributed by atoms with Crippen LogP contribution in [0.15, 0.2) is 0 Å². The summed E-state index contributed by atoms with van der Waals surface area (Å²) in [4.78, 5) is 14.9. The quantitative estimate of drug-likeness (QED) is 0.337. The first-order chi connectivity index (χ1) is 23.0. The maximum atomic E-state index is 12.5. The van der Waals surface area contributed by atoms with Gasteiger partial charge in [-0.2, -0.15) is 0 Å². The minimum atomic E-state index is -1.28. The summed E-state index contributed by atoms with van der Waals surface area (Å²) < 4.78 is 31.2. The smallest absolute Gasteiger partial charge is 0.305 e. The molecule has 0 amide bonds. The number of morpholine rings is 1. The topological polar surface area (TPSA) is 133 Å².